The van der Waals surface area contributed by atoms with Crippen LogP contribution in [0.1, 0.15) is 22.8 Å². The predicted octanol–water partition coefficient (Wildman–Crippen LogP) is 6.23. The van der Waals surface area contributed by atoms with E-state index in [0.29, 0.717) is 24.3 Å². The van der Waals surface area contributed by atoms with Crippen molar-refractivity contribution in [2.75, 3.05) is 13.2 Å². The number of hydrogen-bond acceptors (Lipinski definition) is 3. The van der Waals surface area contributed by atoms with Crippen LogP contribution in [-0.4, -0.2) is 35.3 Å². The molecule has 5 nitrogen and oxygen atoms in total. The number of ether oxygens (including phenoxy) is 1. The highest BCUT2D eigenvalue weighted by Gasteiger charge is 2.19. The second-order valence-electron chi connectivity index (χ2n) is 9.01. The second kappa shape index (κ2) is 11.1. The first-order chi connectivity index (χ1) is 18.2. The average Bonchev–Trinajstić information content (AvgIpc) is 3.36. The van der Waals surface area contributed by atoms with Crippen molar-refractivity contribution in [1.82, 2.24) is 10.3 Å². The topological polar surface area (TPSA) is 74.3 Å². The molecule has 0 radical (unpaired) electrons. The molecule has 0 aliphatic carbocycles. The molecule has 1 atom stereocenters. The van der Waals surface area contributed by atoms with Gasteiger partial charge in [0.2, 0.25) is 0 Å². The summed E-state index contributed by atoms with van der Waals surface area (Å²) in [7, 11) is 0. The molecule has 5 heteroatoms. The number of amides is 1. The summed E-state index contributed by atoms with van der Waals surface area (Å²) in [5.74, 6) is 0.246. The van der Waals surface area contributed by atoms with Crippen LogP contribution < -0.4 is 10.1 Å². The fraction of sp³-hybridized carbons (Fsp3) is 0.156. The molecule has 0 spiro atoms. The summed E-state index contributed by atoms with van der Waals surface area (Å²) >= 11 is 0. The number of aromatic amines is 1. The number of carbonyl (C=O) groups excluding carboxylic acids is 1. The van der Waals surface area contributed by atoms with Gasteiger partial charge in [0.25, 0.3) is 5.91 Å². The van der Waals surface area contributed by atoms with Crippen LogP contribution in [0.15, 0.2) is 103 Å². The third-order valence-electron chi connectivity index (χ3n) is 6.52. The van der Waals surface area contributed by atoms with Crippen LogP contribution in [-0.2, 0) is 6.42 Å². The van der Waals surface area contributed by atoms with Crippen molar-refractivity contribution in [3.8, 4) is 28.0 Å². The molecule has 1 aromatic heterocycles. The lowest BCUT2D eigenvalue weighted by Gasteiger charge is -2.18. The van der Waals surface area contributed by atoms with E-state index >= 15 is 0 Å². The van der Waals surface area contributed by atoms with Crippen molar-refractivity contribution in [3.63, 3.8) is 0 Å². The van der Waals surface area contributed by atoms with Gasteiger partial charge in [0.15, 0.2) is 0 Å². The molecule has 0 saturated carbocycles. The molecule has 37 heavy (non-hydrogen) atoms. The van der Waals surface area contributed by atoms with Crippen LogP contribution in [0, 0.1) is 0 Å². The van der Waals surface area contributed by atoms with Crippen molar-refractivity contribution >= 4 is 16.8 Å². The minimum atomic E-state index is -0.439. The maximum Gasteiger partial charge on any atom is 0.255 e. The number of benzene rings is 4. The molecule has 4 aromatic carbocycles. The van der Waals surface area contributed by atoms with Gasteiger partial charge in [-0.3, -0.25) is 4.79 Å². The van der Waals surface area contributed by atoms with Crippen molar-refractivity contribution < 1.29 is 14.6 Å². The van der Waals surface area contributed by atoms with E-state index in [1.54, 1.807) is 0 Å². The van der Waals surface area contributed by atoms with Crippen molar-refractivity contribution in [2.24, 2.45) is 0 Å². The molecule has 186 valence electrons. The summed E-state index contributed by atoms with van der Waals surface area (Å²) in [6.45, 7) is 2.17. The van der Waals surface area contributed by atoms with E-state index < -0.39 is 6.04 Å². The number of aliphatic hydroxyl groups excluding tert-OH is 1. The summed E-state index contributed by atoms with van der Waals surface area (Å²) in [6.07, 6.45) is 2.44. The molecule has 1 heterocycles. The monoisotopic (exact) mass is 490 g/mol. The Morgan fingerprint density at radius 2 is 1.57 bits per heavy atom. The van der Waals surface area contributed by atoms with Gasteiger partial charge < -0.3 is 20.1 Å². The van der Waals surface area contributed by atoms with Crippen LogP contribution >= 0.6 is 0 Å². The van der Waals surface area contributed by atoms with Crippen LogP contribution in [0.3, 0.4) is 0 Å². The summed E-state index contributed by atoms with van der Waals surface area (Å²) < 4.78 is 5.79. The first-order valence-corrected chi connectivity index (χ1v) is 12.6. The summed E-state index contributed by atoms with van der Waals surface area (Å²) in [6, 6.07) is 31.7. The van der Waals surface area contributed by atoms with Crippen molar-refractivity contribution in [1.29, 1.82) is 0 Å². The Morgan fingerprint density at radius 1 is 0.865 bits per heavy atom. The van der Waals surface area contributed by atoms with Crippen LogP contribution in [0.2, 0.25) is 0 Å². The summed E-state index contributed by atoms with van der Waals surface area (Å²) in [5, 5.41) is 14.2. The van der Waals surface area contributed by atoms with Crippen molar-refractivity contribution in [2.45, 2.75) is 19.4 Å². The highest BCUT2D eigenvalue weighted by Crippen LogP contribution is 2.30. The zero-order valence-electron chi connectivity index (χ0n) is 20.8. The molecule has 5 rings (SSSR count). The summed E-state index contributed by atoms with van der Waals surface area (Å²) in [4.78, 5) is 16.7. The molecule has 0 saturated heterocycles. The molecule has 0 aliphatic heterocycles. The number of hydrogen-bond donors (Lipinski definition) is 3. The number of fused-ring (bicyclic) bond motifs is 1. The van der Waals surface area contributed by atoms with Gasteiger partial charge in [-0.1, -0.05) is 72.8 Å². The largest absolute Gasteiger partial charge is 0.493 e. The SMILES string of the molecule is CCOc1ccc(-c2cccc(-c3ccccc3)c2)cc1C(=O)NC(CO)Cc1c[nH]c2ccccc12. The molecular weight excluding hydrogens is 460 g/mol. The lowest BCUT2D eigenvalue weighted by Crippen LogP contribution is -2.39. The minimum Gasteiger partial charge on any atom is -0.493 e. The molecule has 1 unspecified atom stereocenters. The Balaban J connectivity index is 1.42. The molecule has 3 N–H and O–H groups in total. The van der Waals surface area contributed by atoms with Gasteiger partial charge in [0, 0.05) is 17.1 Å². The lowest BCUT2D eigenvalue weighted by atomic mass is 9.97. The maximum atomic E-state index is 13.5. The van der Waals surface area contributed by atoms with Gasteiger partial charge in [0.05, 0.1) is 24.8 Å². The fourth-order valence-electron chi connectivity index (χ4n) is 4.67. The van der Waals surface area contributed by atoms with Crippen molar-refractivity contribution in [3.05, 3.63) is 114 Å². The number of aromatic nitrogens is 1. The number of aliphatic hydroxyl groups is 1. The number of para-hydroxylation sites is 1. The average molecular weight is 491 g/mol. The van der Waals surface area contributed by atoms with Gasteiger partial charge in [0.1, 0.15) is 5.75 Å². The zero-order chi connectivity index (χ0) is 25.6. The summed E-state index contributed by atoms with van der Waals surface area (Å²) in [5.41, 5.74) is 6.70. The first-order valence-electron chi connectivity index (χ1n) is 12.6. The fourth-order valence-corrected chi connectivity index (χ4v) is 4.67. The standard InChI is InChI=1S/C32H30N2O3/c1-2-37-31-16-15-25(24-12-8-11-23(17-24)22-9-4-3-5-10-22)19-29(31)32(36)34-27(21-35)18-26-20-33-30-14-7-6-13-28(26)30/h3-17,19-20,27,33,35H,2,18,21H2,1H3,(H,34,36). The number of rotatable bonds is 9. The molecule has 1 amide bonds. The lowest BCUT2D eigenvalue weighted by molar-refractivity contribution is 0.0913. The first kappa shape index (κ1) is 24.3. The van der Waals surface area contributed by atoms with E-state index in [0.717, 1.165) is 38.7 Å². The Morgan fingerprint density at radius 3 is 2.35 bits per heavy atom. The third-order valence-corrected chi connectivity index (χ3v) is 6.52. The number of H-pyrrole nitrogens is 1. The quantitative estimate of drug-likeness (QED) is 0.229. The number of carbonyl (C=O) groups is 1. The van der Waals surface area contributed by atoms with E-state index in [9.17, 15) is 9.90 Å². The van der Waals surface area contributed by atoms with Gasteiger partial charge in [-0.25, -0.2) is 0 Å². The van der Waals surface area contributed by atoms with Crippen LogP contribution in [0.25, 0.3) is 33.2 Å². The highest BCUT2D eigenvalue weighted by atomic mass is 16.5. The third kappa shape index (κ3) is 5.42. The Labute approximate surface area is 216 Å². The minimum absolute atomic E-state index is 0.173. The molecule has 0 fully saturated rings. The van der Waals surface area contributed by atoms with E-state index in [1.165, 1.54) is 0 Å². The predicted molar refractivity (Wildman–Crippen MR) is 149 cm³/mol. The normalized spacial score (nSPS) is 11.8. The Bertz CT molecular complexity index is 1510. The molecule has 5 aromatic rings. The molecule has 0 bridgehead atoms. The maximum absolute atomic E-state index is 13.5. The van der Waals surface area contributed by atoms with E-state index in [4.69, 9.17) is 4.74 Å². The highest BCUT2D eigenvalue weighted by molar-refractivity contribution is 5.98. The van der Waals surface area contributed by atoms with Crippen LogP contribution in [0.5, 0.6) is 5.75 Å². The van der Waals surface area contributed by atoms with Gasteiger partial charge in [-0.05, 0) is 65.4 Å². The number of nitrogens with one attached hydrogen (secondary N) is 2. The Kier molecular flexibility index (Phi) is 7.33. The Hall–Kier alpha value is -4.35. The van der Waals surface area contributed by atoms with E-state index in [2.05, 4.69) is 34.6 Å². The molecular formula is C32H30N2O3. The van der Waals surface area contributed by atoms with Crippen LogP contribution in [0.4, 0.5) is 0 Å². The van der Waals surface area contributed by atoms with E-state index in [1.807, 2.05) is 85.9 Å². The second-order valence-corrected chi connectivity index (χ2v) is 9.01. The molecule has 0 aliphatic rings. The zero-order valence-corrected chi connectivity index (χ0v) is 20.8. The smallest absolute Gasteiger partial charge is 0.255 e. The van der Waals surface area contributed by atoms with Gasteiger partial charge in [-0.15, -0.1) is 0 Å². The van der Waals surface area contributed by atoms with Gasteiger partial charge >= 0.3 is 0 Å². The van der Waals surface area contributed by atoms with Gasteiger partial charge in [-0.2, -0.15) is 0 Å². The van der Waals surface area contributed by atoms with E-state index in [-0.39, 0.29) is 12.5 Å².